The minimum atomic E-state index is -4.44. The van der Waals surface area contributed by atoms with E-state index in [4.69, 9.17) is 0 Å². The van der Waals surface area contributed by atoms with Crippen LogP contribution in [0.3, 0.4) is 0 Å². The third-order valence-electron chi connectivity index (χ3n) is 3.36. The van der Waals surface area contributed by atoms with Crippen molar-refractivity contribution < 1.29 is 26.7 Å². The number of thiazole rings is 1. The SMILES string of the molecule is CCNC(=NCc1cccc(OC(F)F)c1)NCCc1nc(C(F)(F)F)cs1.I. The van der Waals surface area contributed by atoms with Crippen molar-refractivity contribution in [2.45, 2.75) is 32.7 Å². The highest BCUT2D eigenvalue weighted by atomic mass is 127. The van der Waals surface area contributed by atoms with Crippen LogP contribution >= 0.6 is 35.3 Å². The van der Waals surface area contributed by atoms with Gasteiger partial charge in [0.05, 0.1) is 11.6 Å². The summed E-state index contributed by atoms with van der Waals surface area (Å²) in [4.78, 5) is 7.90. The predicted octanol–water partition coefficient (Wildman–Crippen LogP) is 4.68. The van der Waals surface area contributed by atoms with Gasteiger partial charge in [0, 0.05) is 24.9 Å². The summed E-state index contributed by atoms with van der Waals surface area (Å²) in [6.07, 6.45) is -4.13. The summed E-state index contributed by atoms with van der Waals surface area (Å²) in [7, 11) is 0. The van der Waals surface area contributed by atoms with Gasteiger partial charge in [0.2, 0.25) is 0 Å². The second kappa shape index (κ2) is 12.1. The fraction of sp³-hybridized carbons (Fsp3) is 0.412. The lowest BCUT2D eigenvalue weighted by molar-refractivity contribution is -0.140. The molecule has 29 heavy (non-hydrogen) atoms. The summed E-state index contributed by atoms with van der Waals surface area (Å²) in [5, 5.41) is 7.37. The van der Waals surface area contributed by atoms with Crippen molar-refractivity contribution in [3.05, 3.63) is 45.9 Å². The van der Waals surface area contributed by atoms with Crippen molar-refractivity contribution >= 4 is 41.3 Å². The number of hydrogen-bond donors (Lipinski definition) is 2. The maximum atomic E-state index is 12.6. The summed E-state index contributed by atoms with van der Waals surface area (Å²) >= 11 is 0.951. The zero-order chi connectivity index (χ0) is 20.6. The largest absolute Gasteiger partial charge is 0.435 e. The van der Waals surface area contributed by atoms with Gasteiger partial charge in [-0.3, -0.25) is 0 Å². The summed E-state index contributed by atoms with van der Waals surface area (Å²) in [5.41, 5.74) is -0.218. The number of nitrogens with one attached hydrogen (secondary N) is 2. The number of aliphatic imine (C=N–C) groups is 1. The van der Waals surface area contributed by atoms with E-state index in [0.29, 0.717) is 36.0 Å². The molecule has 0 fully saturated rings. The van der Waals surface area contributed by atoms with Gasteiger partial charge in [-0.25, -0.2) is 9.98 Å². The van der Waals surface area contributed by atoms with Crippen LogP contribution in [0, 0.1) is 0 Å². The van der Waals surface area contributed by atoms with Crippen LogP contribution in [0.4, 0.5) is 22.0 Å². The van der Waals surface area contributed by atoms with Gasteiger partial charge in [0.1, 0.15) is 5.75 Å². The molecule has 0 atom stereocenters. The highest BCUT2D eigenvalue weighted by Crippen LogP contribution is 2.30. The van der Waals surface area contributed by atoms with E-state index in [-0.39, 0.29) is 36.3 Å². The number of hydrogen-bond acceptors (Lipinski definition) is 4. The number of guanidine groups is 1. The molecule has 0 radical (unpaired) electrons. The van der Waals surface area contributed by atoms with Crippen LogP contribution < -0.4 is 15.4 Å². The number of benzene rings is 1. The molecule has 0 aliphatic carbocycles. The second-order valence-corrected chi connectivity index (χ2v) is 6.46. The Bertz CT molecular complexity index is 785. The predicted molar refractivity (Wildman–Crippen MR) is 112 cm³/mol. The Balaban J connectivity index is 0.00000420. The first-order valence-electron chi connectivity index (χ1n) is 8.35. The standard InChI is InChI=1S/C17H19F5N4OS.HI/c1-2-23-16(24-7-6-14-26-13(10-28-14)17(20,21)22)25-9-11-4-3-5-12(8-11)27-15(18)19;/h3-5,8,10,15H,2,6-7,9H2,1H3,(H2,23,24,25);1H. The molecule has 0 aliphatic heterocycles. The monoisotopic (exact) mass is 550 g/mol. The molecule has 1 aromatic heterocycles. The van der Waals surface area contributed by atoms with Crippen molar-refractivity contribution in [2.24, 2.45) is 4.99 Å². The smallest absolute Gasteiger partial charge is 0.434 e. The highest BCUT2D eigenvalue weighted by Gasteiger charge is 2.33. The van der Waals surface area contributed by atoms with Gasteiger partial charge >= 0.3 is 12.8 Å². The minimum absolute atomic E-state index is 0. The van der Waals surface area contributed by atoms with Gasteiger partial charge < -0.3 is 15.4 Å². The van der Waals surface area contributed by atoms with Gasteiger partial charge in [-0.05, 0) is 24.6 Å². The zero-order valence-electron chi connectivity index (χ0n) is 15.3. The number of rotatable bonds is 8. The molecule has 1 aromatic carbocycles. The van der Waals surface area contributed by atoms with Crippen LogP contribution in [0.2, 0.25) is 0 Å². The molecule has 0 amide bonds. The summed E-state index contributed by atoms with van der Waals surface area (Å²) in [6.45, 7) is 0.0956. The lowest BCUT2D eigenvalue weighted by Gasteiger charge is -2.11. The van der Waals surface area contributed by atoms with Crippen LogP contribution in [-0.2, 0) is 19.1 Å². The second-order valence-electron chi connectivity index (χ2n) is 5.52. The average Bonchev–Trinajstić information content (AvgIpc) is 3.09. The Hall–Kier alpha value is -1.70. The molecule has 162 valence electrons. The fourth-order valence-electron chi connectivity index (χ4n) is 2.18. The number of aromatic nitrogens is 1. The van der Waals surface area contributed by atoms with Crippen molar-refractivity contribution in [3.8, 4) is 5.75 Å². The van der Waals surface area contributed by atoms with Crippen molar-refractivity contribution in [2.75, 3.05) is 13.1 Å². The maximum Gasteiger partial charge on any atom is 0.434 e. The third-order valence-corrected chi connectivity index (χ3v) is 4.27. The van der Waals surface area contributed by atoms with Gasteiger partial charge in [-0.15, -0.1) is 35.3 Å². The Labute approximate surface area is 185 Å². The van der Waals surface area contributed by atoms with Gasteiger partial charge in [0.25, 0.3) is 0 Å². The molecule has 2 rings (SSSR count). The molecular formula is C17H20F5IN4OS. The molecule has 0 unspecified atom stereocenters. The van der Waals surface area contributed by atoms with E-state index in [9.17, 15) is 22.0 Å². The Morgan fingerprint density at radius 3 is 2.66 bits per heavy atom. The van der Waals surface area contributed by atoms with E-state index in [1.54, 1.807) is 12.1 Å². The number of alkyl halides is 5. The first-order valence-corrected chi connectivity index (χ1v) is 9.23. The molecular weight excluding hydrogens is 530 g/mol. The van der Waals surface area contributed by atoms with Crippen molar-refractivity contribution in [1.82, 2.24) is 15.6 Å². The summed E-state index contributed by atoms with van der Waals surface area (Å²) in [6, 6.07) is 6.20. The van der Waals surface area contributed by atoms with E-state index >= 15 is 0 Å². The van der Waals surface area contributed by atoms with Gasteiger partial charge in [-0.1, -0.05) is 12.1 Å². The van der Waals surface area contributed by atoms with Crippen LogP contribution in [0.1, 0.15) is 23.2 Å². The van der Waals surface area contributed by atoms with E-state index in [2.05, 4.69) is 25.3 Å². The van der Waals surface area contributed by atoms with E-state index in [1.165, 1.54) is 12.1 Å². The molecule has 0 saturated carbocycles. The minimum Gasteiger partial charge on any atom is -0.435 e. The molecule has 5 nitrogen and oxygen atoms in total. The van der Waals surface area contributed by atoms with E-state index < -0.39 is 18.5 Å². The highest BCUT2D eigenvalue weighted by molar-refractivity contribution is 14.0. The van der Waals surface area contributed by atoms with Crippen molar-refractivity contribution in [3.63, 3.8) is 0 Å². The number of halogens is 6. The number of nitrogens with zero attached hydrogens (tertiary/aromatic N) is 2. The average molecular weight is 550 g/mol. The number of ether oxygens (including phenoxy) is 1. The molecule has 0 spiro atoms. The fourth-order valence-corrected chi connectivity index (χ4v) is 2.98. The molecule has 0 saturated heterocycles. The molecule has 12 heteroatoms. The third kappa shape index (κ3) is 9.10. The van der Waals surface area contributed by atoms with Crippen LogP contribution in [0.15, 0.2) is 34.6 Å². The van der Waals surface area contributed by atoms with E-state index in [1.807, 2.05) is 6.92 Å². The Morgan fingerprint density at radius 2 is 2.03 bits per heavy atom. The normalized spacial score (nSPS) is 11.9. The zero-order valence-corrected chi connectivity index (χ0v) is 18.4. The topological polar surface area (TPSA) is 58.5 Å². The summed E-state index contributed by atoms with van der Waals surface area (Å²) < 4.78 is 66.6. The van der Waals surface area contributed by atoms with Gasteiger partial charge in [0.15, 0.2) is 11.7 Å². The van der Waals surface area contributed by atoms with Gasteiger partial charge in [-0.2, -0.15) is 22.0 Å². The lowest BCUT2D eigenvalue weighted by Crippen LogP contribution is -2.38. The Morgan fingerprint density at radius 1 is 1.28 bits per heavy atom. The van der Waals surface area contributed by atoms with Crippen LogP contribution in [0.5, 0.6) is 5.75 Å². The van der Waals surface area contributed by atoms with Crippen LogP contribution in [0.25, 0.3) is 0 Å². The molecule has 2 aromatic rings. The lowest BCUT2D eigenvalue weighted by atomic mass is 10.2. The first kappa shape index (κ1) is 25.3. The molecule has 0 aliphatic rings. The first-order chi connectivity index (χ1) is 13.3. The maximum absolute atomic E-state index is 12.6. The van der Waals surface area contributed by atoms with Crippen LogP contribution in [-0.4, -0.2) is 30.6 Å². The van der Waals surface area contributed by atoms with E-state index in [0.717, 1.165) is 16.7 Å². The molecule has 0 bridgehead atoms. The molecule has 2 N–H and O–H groups in total. The quantitative estimate of drug-likeness (QED) is 0.217. The summed E-state index contributed by atoms with van der Waals surface area (Å²) in [5.74, 6) is 0.500. The molecule has 1 heterocycles. The Kier molecular flexibility index (Phi) is 10.6. The van der Waals surface area contributed by atoms with Crippen molar-refractivity contribution in [1.29, 1.82) is 0 Å².